The smallest absolute Gasteiger partial charge is 0.269 e. The van der Waals surface area contributed by atoms with Crippen molar-refractivity contribution in [1.29, 1.82) is 0 Å². The van der Waals surface area contributed by atoms with E-state index >= 15 is 0 Å². The van der Waals surface area contributed by atoms with Crippen molar-refractivity contribution >= 4 is 17.1 Å². The molecule has 100 valence electrons. The van der Waals surface area contributed by atoms with Crippen LogP contribution in [0.3, 0.4) is 0 Å². The Hall–Kier alpha value is -2.69. The second-order valence-corrected chi connectivity index (χ2v) is 4.63. The molecule has 1 aliphatic rings. The van der Waals surface area contributed by atoms with Gasteiger partial charge < -0.3 is 0 Å². The third kappa shape index (κ3) is 2.38. The van der Waals surface area contributed by atoms with Crippen molar-refractivity contribution in [1.82, 2.24) is 0 Å². The summed E-state index contributed by atoms with van der Waals surface area (Å²) in [5.74, 6) is 0. The lowest BCUT2D eigenvalue weighted by Gasteiger charge is -2.03. The summed E-state index contributed by atoms with van der Waals surface area (Å²) in [6.07, 6.45) is 1.93. The summed E-state index contributed by atoms with van der Waals surface area (Å²) in [4.78, 5) is 10.2. The van der Waals surface area contributed by atoms with Gasteiger partial charge in [0, 0.05) is 17.7 Å². The Labute approximate surface area is 116 Å². The summed E-state index contributed by atoms with van der Waals surface area (Å²) >= 11 is 0. The van der Waals surface area contributed by atoms with Gasteiger partial charge in [-0.1, -0.05) is 24.3 Å². The first kappa shape index (κ1) is 12.3. The number of nitro groups is 1. The zero-order chi connectivity index (χ0) is 13.9. The normalized spacial score (nSPS) is 15.1. The van der Waals surface area contributed by atoms with E-state index in [1.165, 1.54) is 23.3 Å². The van der Waals surface area contributed by atoms with Crippen LogP contribution in [-0.4, -0.2) is 10.6 Å². The molecule has 0 bridgehead atoms. The Morgan fingerprint density at radius 2 is 1.80 bits per heavy atom. The third-order valence-electron chi connectivity index (χ3n) is 3.36. The molecule has 1 aliphatic carbocycles. The minimum Gasteiger partial charge on any atom is -0.278 e. The molecule has 0 heterocycles. The highest BCUT2D eigenvalue weighted by Gasteiger charge is 2.16. The van der Waals surface area contributed by atoms with Crippen molar-refractivity contribution in [2.75, 3.05) is 5.43 Å². The van der Waals surface area contributed by atoms with Crippen LogP contribution in [0.1, 0.15) is 17.5 Å². The summed E-state index contributed by atoms with van der Waals surface area (Å²) in [7, 11) is 0. The van der Waals surface area contributed by atoms with E-state index in [0.717, 1.165) is 24.2 Å². The molecule has 20 heavy (non-hydrogen) atoms. The highest BCUT2D eigenvalue weighted by Crippen LogP contribution is 2.22. The molecule has 2 aromatic carbocycles. The molecular formula is C15H13N3O2. The van der Waals surface area contributed by atoms with Gasteiger partial charge >= 0.3 is 0 Å². The molecule has 2 aromatic rings. The van der Waals surface area contributed by atoms with E-state index in [0.29, 0.717) is 0 Å². The van der Waals surface area contributed by atoms with Gasteiger partial charge in [0.25, 0.3) is 5.69 Å². The number of hydrogen-bond donors (Lipinski definition) is 1. The largest absolute Gasteiger partial charge is 0.278 e. The quantitative estimate of drug-likeness (QED) is 0.685. The van der Waals surface area contributed by atoms with Crippen molar-refractivity contribution in [2.24, 2.45) is 5.10 Å². The molecule has 3 rings (SSSR count). The molecule has 5 heteroatoms. The predicted octanol–water partition coefficient (Wildman–Crippen LogP) is 3.36. The minimum absolute atomic E-state index is 0.0782. The Kier molecular flexibility index (Phi) is 3.16. The number of nitro benzene ring substituents is 1. The average molecular weight is 267 g/mol. The van der Waals surface area contributed by atoms with Crippen LogP contribution in [0.2, 0.25) is 0 Å². The lowest BCUT2D eigenvalue weighted by molar-refractivity contribution is -0.384. The van der Waals surface area contributed by atoms with Crippen LogP contribution < -0.4 is 5.43 Å². The first-order valence-electron chi connectivity index (χ1n) is 6.39. The van der Waals surface area contributed by atoms with Gasteiger partial charge in [-0.15, -0.1) is 0 Å². The monoisotopic (exact) mass is 267 g/mol. The summed E-state index contributed by atoms with van der Waals surface area (Å²) in [6, 6.07) is 14.5. The summed E-state index contributed by atoms with van der Waals surface area (Å²) < 4.78 is 0. The van der Waals surface area contributed by atoms with Gasteiger partial charge in [-0.05, 0) is 30.5 Å². The van der Waals surface area contributed by atoms with Crippen LogP contribution in [-0.2, 0) is 6.42 Å². The number of rotatable bonds is 3. The van der Waals surface area contributed by atoms with Gasteiger partial charge in [-0.25, -0.2) is 0 Å². The average Bonchev–Trinajstić information content (AvgIpc) is 2.89. The fourth-order valence-electron chi connectivity index (χ4n) is 2.31. The molecule has 0 aliphatic heterocycles. The number of hydrogen-bond acceptors (Lipinski definition) is 4. The van der Waals surface area contributed by atoms with Crippen molar-refractivity contribution in [3.63, 3.8) is 0 Å². The van der Waals surface area contributed by atoms with E-state index in [-0.39, 0.29) is 5.69 Å². The van der Waals surface area contributed by atoms with E-state index in [1.807, 2.05) is 12.1 Å². The molecule has 0 saturated carbocycles. The fourth-order valence-corrected chi connectivity index (χ4v) is 2.31. The number of anilines is 1. The highest BCUT2D eigenvalue weighted by molar-refractivity contribution is 6.04. The first-order chi connectivity index (χ1) is 9.74. The summed E-state index contributed by atoms with van der Waals surface area (Å²) in [5, 5.41) is 15.0. The molecule has 0 fully saturated rings. The molecule has 0 aromatic heterocycles. The van der Waals surface area contributed by atoms with Gasteiger partial charge in [0.05, 0.1) is 16.3 Å². The zero-order valence-corrected chi connectivity index (χ0v) is 10.7. The summed E-state index contributed by atoms with van der Waals surface area (Å²) in [6.45, 7) is 0. The third-order valence-corrected chi connectivity index (χ3v) is 3.36. The van der Waals surface area contributed by atoms with Crippen LogP contribution >= 0.6 is 0 Å². The highest BCUT2D eigenvalue weighted by atomic mass is 16.6. The molecule has 0 atom stereocenters. The van der Waals surface area contributed by atoms with Crippen molar-refractivity contribution in [2.45, 2.75) is 12.8 Å². The lowest BCUT2D eigenvalue weighted by Crippen LogP contribution is -1.99. The number of hydrazone groups is 1. The summed E-state index contributed by atoms with van der Waals surface area (Å²) in [5.41, 5.74) is 7.31. The SMILES string of the molecule is O=[N+]([O-])c1ccc(N/N=C2\CCc3ccccc32)cc1. The van der Waals surface area contributed by atoms with Gasteiger partial charge in [0.15, 0.2) is 0 Å². The number of aryl methyl sites for hydroxylation is 1. The van der Waals surface area contributed by atoms with Crippen LogP contribution in [0.25, 0.3) is 0 Å². The van der Waals surface area contributed by atoms with E-state index in [4.69, 9.17) is 0 Å². The molecule has 0 amide bonds. The van der Waals surface area contributed by atoms with Gasteiger partial charge in [-0.3, -0.25) is 15.5 Å². The van der Waals surface area contributed by atoms with Gasteiger partial charge in [0.1, 0.15) is 0 Å². The molecular weight excluding hydrogens is 254 g/mol. The van der Waals surface area contributed by atoms with Crippen molar-refractivity contribution < 1.29 is 4.92 Å². The lowest BCUT2D eigenvalue weighted by atomic mass is 10.1. The van der Waals surface area contributed by atoms with E-state index < -0.39 is 4.92 Å². The maximum Gasteiger partial charge on any atom is 0.269 e. The van der Waals surface area contributed by atoms with E-state index in [9.17, 15) is 10.1 Å². The molecule has 1 N–H and O–H groups in total. The predicted molar refractivity (Wildman–Crippen MR) is 78.0 cm³/mol. The second-order valence-electron chi connectivity index (χ2n) is 4.63. The second kappa shape index (κ2) is 5.13. The number of non-ortho nitro benzene ring substituents is 1. The Balaban J connectivity index is 1.76. The Bertz CT molecular complexity index is 678. The Morgan fingerprint density at radius 3 is 2.55 bits per heavy atom. The van der Waals surface area contributed by atoms with Crippen LogP contribution in [0, 0.1) is 10.1 Å². The van der Waals surface area contributed by atoms with Crippen LogP contribution in [0.15, 0.2) is 53.6 Å². The zero-order valence-electron chi connectivity index (χ0n) is 10.7. The number of fused-ring (bicyclic) bond motifs is 1. The number of benzene rings is 2. The number of nitrogens with zero attached hydrogens (tertiary/aromatic N) is 2. The first-order valence-corrected chi connectivity index (χ1v) is 6.39. The van der Waals surface area contributed by atoms with E-state index in [1.54, 1.807) is 12.1 Å². The van der Waals surface area contributed by atoms with Crippen molar-refractivity contribution in [3.8, 4) is 0 Å². The maximum absolute atomic E-state index is 10.6. The molecule has 0 spiro atoms. The molecule has 0 radical (unpaired) electrons. The van der Waals surface area contributed by atoms with Crippen LogP contribution in [0.5, 0.6) is 0 Å². The van der Waals surface area contributed by atoms with E-state index in [2.05, 4.69) is 22.7 Å². The standard InChI is InChI=1S/C15H13N3O2/c19-18(20)13-8-6-12(7-9-13)16-17-15-10-5-11-3-1-2-4-14(11)15/h1-4,6-9,16H,5,10H2/b17-15+. The van der Waals surface area contributed by atoms with Crippen molar-refractivity contribution in [3.05, 3.63) is 69.8 Å². The number of nitrogens with one attached hydrogen (secondary N) is 1. The van der Waals surface area contributed by atoms with Gasteiger partial charge in [-0.2, -0.15) is 5.10 Å². The molecule has 0 unspecified atom stereocenters. The minimum atomic E-state index is -0.414. The maximum atomic E-state index is 10.6. The Morgan fingerprint density at radius 1 is 1.05 bits per heavy atom. The molecule has 5 nitrogen and oxygen atoms in total. The van der Waals surface area contributed by atoms with Crippen LogP contribution in [0.4, 0.5) is 11.4 Å². The topological polar surface area (TPSA) is 67.5 Å². The van der Waals surface area contributed by atoms with Gasteiger partial charge in [0.2, 0.25) is 0 Å². The molecule has 0 saturated heterocycles. The fraction of sp³-hybridized carbons (Fsp3) is 0.133.